The number of benzene rings is 3. The molecule has 0 bridgehead atoms. The smallest absolute Gasteiger partial charge is 0.282 e. The number of carbonyl (C=O) groups is 1. The zero-order valence-corrected chi connectivity index (χ0v) is 26.2. The number of nitrogens with zero attached hydrogens (tertiary/aromatic N) is 4. The predicted octanol–water partition coefficient (Wildman–Crippen LogP) is 5.33. The first-order valence-corrected chi connectivity index (χ1v) is 15.4. The van der Waals surface area contributed by atoms with Crippen molar-refractivity contribution in [2.24, 2.45) is 0 Å². The fourth-order valence-electron chi connectivity index (χ4n) is 5.63. The van der Waals surface area contributed by atoms with Gasteiger partial charge in [-0.3, -0.25) is 14.3 Å². The number of Topliss-reactive ketones (excluding diaryl/α,β-unsaturated/α-hetero) is 1. The predicted molar refractivity (Wildman–Crippen MR) is 172 cm³/mol. The fourth-order valence-corrected chi connectivity index (χ4v) is 5.63. The highest BCUT2D eigenvalue weighted by Gasteiger charge is 2.27. The van der Waals surface area contributed by atoms with E-state index in [1.165, 1.54) is 23.1 Å². The SMILES string of the molecule is COCCOc1cc2ncnc(Oc3ccc(CC(=O)c4c5n(n(-c6ccc(F)cc6)c4=O)CCCC5)cc3)c2cc1OCCOC. The van der Waals surface area contributed by atoms with Gasteiger partial charge in [-0.15, -0.1) is 0 Å². The van der Waals surface area contributed by atoms with Gasteiger partial charge in [-0.05, 0) is 67.3 Å². The van der Waals surface area contributed by atoms with Gasteiger partial charge in [0.2, 0.25) is 5.88 Å². The van der Waals surface area contributed by atoms with E-state index in [9.17, 15) is 14.0 Å². The molecule has 0 aliphatic carbocycles. The molecule has 3 aromatic carbocycles. The Balaban J connectivity index is 1.22. The third-order valence-electron chi connectivity index (χ3n) is 7.89. The molecule has 11 nitrogen and oxygen atoms in total. The van der Waals surface area contributed by atoms with Gasteiger partial charge < -0.3 is 23.7 Å². The number of halogens is 1. The second-order valence-electron chi connectivity index (χ2n) is 11.0. The van der Waals surface area contributed by atoms with Gasteiger partial charge in [0.25, 0.3) is 5.56 Å². The van der Waals surface area contributed by atoms with E-state index in [4.69, 9.17) is 23.7 Å². The summed E-state index contributed by atoms with van der Waals surface area (Å²) in [5, 5.41) is 0.620. The molecule has 0 amide bonds. The first-order chi connectivity index (χ1) is 23.0. The van der Waals surface area contributed by atoms with Crippen molar-refractivity contribution in [2.45, 2.75) is 32.2 Å². The highest BCUT2D eigenvalue weighted by Crippen LogP contribution is 2.36. The second-order valence-corrected chi connectivity index (χ2v) is 11.0. The number of hydrogen-bond acceptors (Lipinski definition) is 9. The van der Waals surface area contributed by atoms with Crippen molar-refractivity contribution in [2.75, 3.05) is 40.6 Å². The molecule has 0 spiro atoms. The largest absolute Gasteiger partial charge is 0.487 e. The van der Waals surface area contributed by atoms with E-state index in [-0.39, 0.29) is 23.3 Å². The van der Waals surface area contributed by atoms with Gasteiger partial charge in [-0.2, -0.15) is 0 Å². The van der Waals surface area contributed by atoms with Crippen molar-refractivity contribution in [3.63, 3.8) is 0 Å². The second kappa shape index (κ2) is 14.6. The molecule has 0 fully saturated rings. The van der Waals surface area contributed by atoms with Crippen LogP contribution in [-0.4, -0.2) is 65.8 Å². The lowest BCUT2D eigenvalue weighted by Crippen LogP contribution is -2.24. The number of methoxy groups -OCH3 is 2. The van der Waals surface area contributed by atoms with E-state index >= 15 is 0 Å². The normalized spacial score (nSPS) is 12.6. The molecule has 1 aliphatic heterocycles. The molecular weight excluding hydrogens is 607 g/mol. The zero-order valence-electron chi connectivity index (χ0n) is 26.2. The van der Waals surface area contributed by atoms with E-state index in [0.29, 0.717) is 79.1 Å². The third-order valence-corrected chi connectivity index (χ3v) is 7.89. The summed E-state index contributed by atoms with van der Waals surface area (Å²) in [6.45, 7) is 2.08. The summed E-state index contributed by atoms with van der Waals surface area (Å²) in [6, 6.07) is 16.3. The molecule has 12 heteroatoms. The van der Waals surface area contributed by atoms with Crippen LogP contribution in [-0.2, 0) is 28.9 Å². The number of fused-ring (bicyclic) bond motifs is 2. The molecule has 3 heterocycles. The Kier molecular flexibility index (Phi) is 9.89. The number of ketones is 1. The number of aromatic nitrogens is 4. The van der Waals surface area contributed by atoms with Gasteiger partial charge in [0.15, 0.2) is 17.3 Å². The van der Waals surface area contributed by atoms with Crippen molar-refractivity contribution in [1.29, 1.82) is 0 Å². The van der Waals surface area contributed by atoms with Crippen molar-refractivity contribution in [1.82, 2.24) is 19.3 Å². The Morgan fingerprint density at radius 3 is 2.28 bits per heavy atom. The molecule has 2 aromatic heterocycles. The molecule has 0 N–H and O–H groups in total. The minimum absolute atomic E-state index is 0.0421. The summed E-state index contributed by atoms with van der Waals surface area (Å²) >= 11 is 0. The van der Waals surface area contributed by atoms with E-state index < -0.39 is 5.82 Å². The molecule has 6 rings (SSSR count). The fraction of sp³-hybridized carbons (Fsp3) is 0.314. The minimum Gasteiger partial charge on any atom is -0.487 e. The highest BCUT2D eigenvalue weighted by molar-refractivity contribution is 5.98. The summed E-state index contributed by atoms with van der Waals surface area (Å²) in [5.74, 6) is 1.17. The Bertz CT molecular complexity index is 1920. The number of hydrogen-bond donors (Lipinski definition) is 0. The number of carbonyl (C=O) groups excluding carboxylic acids is 1. The summed E-state index contributed by atoms with van der Waals surface area (Å²) < 4.78 is 45.1. The zero-order chi connectivity index (χ0) is 32.8. The Hall–Kier alpha value is -5.07. The third kappa shape index (κ3) is 7.03. The van der Waals surface area contributed by atoms with Crippen molar-refractivity contribution >= 4 is 16.7 Å². The monoisotopic (exact) mass is 642 g/mol. The summed E-state index contributed by atoms with van der Waals surface area (Å²) in [7, 11) is 3.20. The first-order valence-electron chi connectivity index (χ1n) is 15.4. The molecule has 5 aromatic rings. The highest BCUT2D eigenvalue weighted by atomic mass is 19.1. The van der Waals surface area contributed by atoms with E-state index in [1.807, 2.05) is 4.68 Å². The van der Waals surface area contributed by atoms with E-state index in [0.717, 1.165) is 24.1 Å². The molecule has 244 valence electrons. The van der Waals surface area contributed by atoms with Crippen LogP contribution in [0.1, 0.15) is 34.5 Å². The molecule has 0 saturated heterocycles. The summed E-state index contributed by atoms with van der Waals surface area (Å²) in [5.41, 5.74) is 2.39. The molecule has 47 heavy (non-hydrogen) atoms. The lowest BCUT2D eigenvalue weighted by Gasteiger charge is -2.19. The van der Waals surface area contributed by atoms with Crippen LogP contribution >= 0.6 is 0 Å². The lowest BCUT2D eigenvalue weighted by molar-refractivity contribution is 0.0990. The average molecular weight is 643 g/mol. The molecule has 0 saturated carbocycles. The van der Waals surface area contributed by atoms with Crippen LogP contribution in [0, 0.1) is 5.82 Å². The van der Waals surface area contributed by atoms with Crippen LogP contribution in [0.3, 0.4) is 0 Å². The summed E-state index contributed by atoms with van der Waals surface area (Å²) in [4.78, 5) is 35.9. The standard InChI is InChI=1S/C35H35FN4O7/c1-43-15-17-45-31-20-27-28(21-32(31)46-18-16-44-2)37-22-38-34(27)47-26-12-6-23(7-13-26)19-30(41)33-29-5-3-4-14-39(29)40(35(33)42)25-10-8-24(36)9-11-25/h6-13,20-22H,3-5,14-19H2,1-2H3. The maximum absolute atomic E-state index is 13.6. The van der Waals surface area contributed by atoms with Crippen molar-refractivity contribution < 1.29 is 32.9 Å². The molecule has 0 unspecified atom stereocenters. The van der Waals surface area contributed by atoms with Crippen LogP contribution < -0.4 is 19.8 Å². The maximum atomic E-state index is 13.6. The number of rotatable bonds is 14. The Labute approximate surface area is 270 Å². The van der Waals surface area contributed by atoms with Gasteiger partial charge in [-0.1, -0.05) is 12.1 Å². The minimum atomic E-state index is -0.391. The van der Waals surface area contributed by atoms with Crippen LogP contribution in [0.5, 0.6) is 23.1 Å². The molecule has 1 aliphatic rings. The Morgan fingerprint density at radius 1 is 0.872 bits per heavy atom. The average Bonchev–Trinajstić information content (AvgIpc) is 3.38. The van der Waals surface area contributed by atoms with Crippen LogP contribution in [0.25, 0.3) is 16.6 Å². The van der Waals surface area contributed by atoms with Crippen LogP contribution in [0.15, 0.2) is 71.8 Å². The van der Waals surface area contributed by atoms with Gasteiger partial charge >= 0.3 is 0 Å². The molecule has 0 atom stereocenters. The molecular formula is C35H35FN4O7. The van der Waals surface area contributed by atoms with Gasteiger partial charge in [0.1, 0.15) is 36.7 Å². The van der Waals surface area contributed by atoms with Gasteiger partial charge in [-0.25, -0.2) is 19.0 Å². The topological polar surface area (TPSA) is 116 Å². The molecule has 0 radical (unpaired) electrons. The van der Waals surface area contributed by atoms with Gasteiger partial charge in [0, 0.05) is 33.3 Å². The van der Waals surface area contributed by atoms with Gasteiger partial charge in [0.05, 0.1) is 35.5 Å². The first kappa shape index (κ1) is 31.9. The Morgan fingerprint density at radius 2 is 1.57 bits per heavy atom. The number of ether oxygens (including phenoxy) is 5. The van der Waals surface area contributed by atoms with E-state index in [2.05, 4.69) is 9.97 Å². The van der Waals surface area contributed by atoms with Crippen LogP contribution in [0.2, 0.25) is 0 Å². The lowest BCUT2D eigenvalue weighted by atomic mass is 9.99. The van der Waals surface area contributed by atoms with Crippen molar-refractivity contribution in [3.05, 3.63) is 100.0 Å². The summed E-state index contributed by atoms with van der Waals surface area (Å²) in [6.07, 6.45) is 3.86. The van der Waals surface area contributed by atoms with Crippen LogP contribution in [0.4, 0.5) is 4.39 Å². The maximum Gasteiger partial charge on any atom is 0.282 e. The van der Waals surface area contributed by atoms with Crippen molar-refractivity contribution in [3.8, 4) is 28.8 Å². The quantitative estimate of drug-likeness (QED) is 0.117. The van der Waals surface area contributed by atoms with E-state index in [1.54, 1.807) is 62.8 Å².